The predicted molar refractivity (Wildman–Crippen MR) is 84.6 cm³/mol. The van der Waals surface area contributed by atoms with Crippen LogP contribution < -0.4 is 0 Å². The van der Waals surface area contributed by atoms with E-state index in [1.807, 2.05) is 6.07 Å². The van der Waals surface area contributed by atoms with Gasteiger partial charge in [0.2, 0.25) is 0 Å². The van der Waals surface area contributed by atoms with Crippen molar-refractivity contribution >= 4 is 11.4 Å². The number of carbonyl (C=O) groups is 1. The van der Waals surface area contributed by atoms with Gasteiger partial charge in [-0.2, -0.15) is 0 Å². The second kappa shape index (κ2) is 6.85. The van der Waals surface area contributed by atoms with E-state index in [-0.39, 0.29) is 5.78 Å². The number of hydrogen-bond acceptors (Lipinski definition) is 1. The molecule has 0 aliphatic rings. The molecule has 0 saturated heterocycles. The number of rotatable bonds is 6. The van der Waals surface area contributed by atoms with Gasteiger partial charge < -0.3 is 4.79 Å². The van der Waals surface area contributed by atoms with Crippen molar-refractivity contribution in [3.63, 3.8) is 0 Å². The zero-order valence-electron chi connectivity index (χ0n) is 11.9. The standard InChI is InChI=1S/C19H20O/c1-15(8-9-16(2)20)19-12-10-18(11-13-19)14-17-6-4-3-5-7-17/h3-7,10-13H,1,8-9,14H2,2H3. The van der Waals surface area contributed by atoms with Crippen molar-refractivity contribution in [2.45, 2.75) is 26.2 Å². The molecule has 0 atom stereocenters. The van der Waals surface area contributed by atoms with E-state index in [1.54, 1.807) is 6.92 Å². The molecule has 2 aromatic rings. The van der Waals surface area contributed by atoms with Crippen LogP contribution in [0.2, 0.25) is 0 Å². The van der Waals surface area contributed by atoms with Crippen molar-refractivity contribution in [1.82, 2.24) is 0 Å². The minimum absolute atomic E-state index is 0.215. The van der Waals surface area contributed by atoms with Gasteiger partial charge in [0.1, 0.15) is 5.78 Å². The van der Waals surface area contributed by atoms with E-state index in [9.17, 15) is 4.79 Å². The highest BCUT2D eigenvalue weighted by atomic mass is 16.1. The van der Waals surface area contributed by atoms with E-state index in [4.69, 9.17) is 0 Å². The summed E-state index contributed by atoms with van der Waals surface area (Å²) in [6.45, 7) is 5.68. The summed E-state index contributed by atoms with van der Waals surface area (Å²) in [7, 11) is 0. The Balaban J connectivity index is 1.99. The van der Waals surface area contributed by atoms with Gasteiger partial charge in [-0.1, -0.05) is 61.2 Å². The minimum Gasteiger partial charge on any atom is -0.300 e. The molecule has 2 aromatic carbocycles. The Kier molecular flexibility index (Phi) is 4.89. The Hall–Kier alpha value is -2.15. The molecule has 20 heavy (non-hydrogen) atoms. The molecule has 0 fully saturated rings. The lowest BCUT2D eigenvalue weighted by Gasteiger charge is -2.07. The molecule has 0 heterocycles. The lowest BCUT2D eigenvalue weighted by molar-refractivity contribution is -0.116. The van der Waals surface area contributed by atoms with E-state index in [0.717, 1.165) is 24.0 Å². The van der Waals surface area contributed by atoms with Gasteiger partial charge >= 0.3 is 0 Å². The Labute approximate surface area is 121 Å². The Morgan fingerprint density at radius 3 is 2.10 bits per heavy atom. The molecule has 1 nitrogen and oxygen atoms in total. The quantitative estimate of drug-likeness (QED) is 0.741. The van der Waals surface area contributed by atoms with Crippen molar-refractivity contribution in [3.8, 4) is 0 Å². The molecular weight excluding hydrogens is 244 g/mol. The molecule has 0 N–H and O–H groups in total. The van der Waals surface area contributed by atoms with Crippen LogP contribution in [0.5, 0.6) is 0 Å². The highest BCUT2D eigenvalue weighted by Crippen LogP contribution is 2.19. The first kappa shape index (κ1) is 14.3. The number of hydrogen-bond donors (Lipinski definition) is 0. The maximum absolute atomic E-state index is 11.0. The predicted octanol–water partition coefficient (Wildman–Crippen LogP) is 4.66. The number of allylic oxidation sites excluding steroid dienone is 1. The first-order valence-corrected chi connectivity index (χ1v) is 6.95. The van der Waals surface area contributed by atoms with Gasteiger partial charge in [-0.05, 0) is 42.0 Å². The van der Waals surface area contributed by atoms with E-state index in [2.05, 4.69) is 55.1 Å². The molecule has 102 valence electrons. The van der Waals surface area contributed by atoms with Crippen LogP contribution in [-0.2, 0) is 11.2 Å². The van der Waals surface area contributed by atoms with Gasteiger partial charge in [0.05, 0.1) is 0 Å². The molecule has 0 aliphatic heterocycles. The number of ketones is 1. The Bertz CT molecular complexity index is 579. The summed E-state index contributed by atoms with van der Waals surface area (Å²) in [6, 6.07) is 18.9. The maximum Gasteiger partial charge on any atom is 0.130 e. The fourth-order valence-corrected chi connectivity index (χ4v) is 2.16. The molecule has 0 radical (unpaired) electrons. The Morgan fingerprint density at radius 2 is 1.50 bits per heavy atom. The van der Waals surface area contributed by atoms with Crippen molar-refractivity contribution in [2.24, 2.45) is 0 Å². The SMILES string of the molecule is C=C(CCC(C)=O)c1ccc(Cc2ccccc2)cc1. The highest BCUT2D eigenvalue weighted by molar-refractivity contribution is 5.78. The van der Waals surface area contributed by atoms with Gasteiger partial charge in [0.15, 0.2) is 0 Å². The van der Waals surface area contributed by atoms with Gasteiger partial charge in [-0.25, -0.2) is 0 Å². The van der Waals surface area contributed by atoms with Crippen LogP contribution in [0.3, 0.4) is 0 Å². The number of benzene rings is 2. The monoisotopic (exact) mass is 264 g/mol. The third kappa shape index (κ3) is 4.20. The van der Waals surface area contributed by atoms with Gasteiger partial charge in [-0.3, -0.25) is 0 Å². The third-order valence-corrected chi connectivity index (χ3v) is 3.39. The van der Waals surface area contributed by atoms with E-state index in [1.165, 1.54) is 11.1 Å². The van der Waals surface area contributed by atoms with Crippen LogP contribution >= 0.6 is 0 Å². The smallest absolute Gasteiger partial charge is 0.130 e. The average Bonchev–Trinajstić information content (AvgIpc) is 2.46. The van der Waals surface area contributed by atoms with Crippen LogP contribution in [0.15, 0.2) is 61.2 Å². The summed E-state index contributed by atoms with van der Waals surface area (Å²) in [6.07, 6.45) is 2.26. The number of Topliss-reactive ketones (excluding diaryl/α,β-unsaturated/α-hetero) is 1. The van der Waals surface area contributed by atoms with Crippen LogP contribution in [0.25, 0.3) is 5.57 Å². The Morgan fingerprint density at radius 1 is 0.900 bits per heavy atom. The second-order valence-corrected chi connectivity index (χ2v) is 5.16. The summed E-state index contributed by atoms with van der Waals surface area (Å²) in [5.74, 6) is 0.215. The molecule has 0 unspecified atom stereocenters. The lowest BCUT2D eigenvalue weighted by Crippen LogP contribution is -1.92. The van der Waals surface area contributed by atoms with Crippen LogP contribution in [0.1, 0.15) is 36.5 Å². The first-order chi connectivity index (χ1) is 9.65. The lowest BCUT2D eigenvalue weighted by atomic mass is 9.98. The average molecular weight is 264 g/mol. The largest absolute Gasteiger partial charge is 0.300 e. The summed E-state index contributed by atoms with van der Waals surface area (Å²) >= 11 is 0. The first-order valence-electron chi connectivity index (χ1n) is 6.95. The summed E-state index contributed by atoms with van der Waals surface area (Å²) < 4.78 is 0. The molecule has 2 rings (SSSR count). The summed E-state index contributed by atoms with van der Waals surface area (Å²) in [5.41, 5.74) is 4.77. The molecule has 0 amide bonds. The topological polar surface area (TPSA) is 17.1 Å². The van der Waals surface area contributed by atoms with Crippen molar-refractivity contribution in [1.29, 1.82) is 0 Å². The number of carbonyl (C=O) groups excluding carboxylic acids is 1. The van der Waals surface area contributed by atoms with Crippen molar-refractivity contribution < 1.29 is 4.79 Å². The van der Waals surface area contributed by atoms with Crippen molar-refractivity contribution in [2.75, 3.05) is 0 Å². The molecule has 0 spiro atoms. The van der Waals surface area contributed by atoms with Crippen LogP contribution in [-0.4, -0.2) is 5.78 Å². The molecule has 1 heteroatoms. The van der Waals surface area contributed by atoms with Gasteiger partial charge in [-0.15, -0.1) is 0 Å². The van der Waals surface area contributed by atoms with Crippen LogP contribution in [0, 0.1) is 0 Å². The second-order valence-electron chi connectivity index (χ2n) is 5.16. The zero-order chi connectivity index (χ0) is 14.4. The third-order valence-electron chi connectivity index (χ3n) is 3.39. The highest BCUT2D eigenvalue weighted by Gasteiger charge is 2.02. The van der Waals surface area contributed by atoms with Gasteiger partial charge in [0, 0.05) is 6.42 Å². The molecule has 0 aromatic heterocycles. The van der Waals surface area contributed by atoms with E-state index in [0.29, 0.717) is 6.42 Å². The fraction of sp³-hybridized carbons (Fsp3) is 0.211. The molecular formula is C19H20O. The fourth-order valence-electron chi connectivity index (χ4n) is 2.16. The molecule has 0 bridgehead atoms. The summed E-state index contributed by atoms with van der Waals surface area (Å²) in [5, 5.41) is 0. The molecule has 0 aliphatic carbocycles. The van der Waals surface area contributed by atoms with Crippen molar-refractivity contribution in [3.05, 3.63) is 77.9 Å². The molecule has 0 saturated carbocycles. The van der Waals surface area contributed by atoms with E-state index >= 15 is 0 Å². The van der Waals surface area contributed by atoms with Gasteiger partial charge in [0.25, 0.3) is 0 Å². The maximum atomic E-state index is 11.0. The zero-order valence-corrected chi connectivity index (χ0v) is 11.9. The minimum atomic E-state index is 0.215. The normalized spacial score (nSPS) is 10.2. The van der Waals surface area contributed by atoms with E-state index < -0.39 is 0 Å². The summed E-state index contributed by atoms with van der Waals surface area (Å²) in [4.78, 5) is 11.0. The van der Waals surface area contributed by atoms with Crippen LogP contribution in [0.4, 0.5) is 0 Å².